The van der Waals surface area contributed by atoms with Gasteiger partial charge in [0.1, 0.15) is 15.3 Å². The summed E-state index contributed by atoms with van der Waals surface area (Å²) in [5, 5.41) is 12.9. The van der Waals surface area contributed by atoms with Crippen LogP contribution in [0.4, 0.5) is 0 Å². The first-order valence-electron chi connectivity index (χ1n) is 10.9. The van der Waals surface area contributed by atoms with E-state index in [1.807, 2.05) is 54.6 Å². The summed E-state index contributed by atoms with van der Waals surface area (Å²) >= 11 is 6.13. The van der Waals surface area contributed by atoms with Gasteiger partial charge in [0.2, 0.25) is 11.8 Å². The molecule has 7 nitrogen and oxygen atoms in total. The van der Waals surface area contributed by atoms with Crippen LogP contribution in [0.3, 0.4) is 0 Å². The fourth-order valence-electron chi connectivity index (χ4n) is 3.32. The lowest BCUT2D eigenvalue weighted by Crippen LogP contribution is -2.34. The Bertz CT molecular complexity index is 1250. The molecule has 0 bridgehead atoms. The molecule has 10 heteroatoms. The van der Waals surface area contributed by atoms with Gasteiger partial charge in [0, 0.05) is 29.4 Å². The second-order valence-electron chi connectivity index (χ2n) is 7.62. The summed E-state index contributed by atoms with van der Waals surface area (Å²) in [7, 11) is 0. The zero-order chi connectivity index (χ0) is 24.6. The zero-order valence-electron chi connectivity index (χ0n) is 18.7. The van der Waals surface area contributed by atoms with E-state index in [2.05, 4.69) is 42.4 Å². The van der Waals surface area contributed by atoms with E-state index in [0.29, 0.717) is 29.7 Å². The van der Waals surface area contributed by atoms with Crippen LogP contribution < -0.4 is 5.32 Å². The minimum atomic E-state index is -0.550. The third-order valence-electron chi connectivity index (χ3n) is 5.08. The second-order valence-corrected chi connectivity index (χ2v) is 10.8. The van der Waals surface area contributed by atoms with Gasteiger partial charge in [-0.1, -0.05) is 81.5 Å². The fourth-order valence-corrected chi connectivity index (χ4v) is 5.58. The molecule has 2 amide bonds. The topological polar surface area (TPSA) is 87.5 Å². The maximum Gasteiger partial charge on any atom is 0.243 e. The first kappa shape index (κ1) is 25.1. The number of hydrogen-bond acceptors (Lipinski definition) is 7. The normalized spacial score (nSPS) is 16.5. The molecule has 0 saturated carbocycles. The van der Waals surface area contributed by atoms with Crippen molar-refractivity contribution in [3.63, 3.8) is 0 Å². The standard InChI is InChI=1S/C25H22BrN5O2S2/c1-2-3-13-27-25-31(16-22-29-30-23(35-22)18-7-5-4-6-8-18)24(33)20(34-25)14-21(32)28-15-17-9-11-19(26)12-10-17/h1,4-12,20H,3,13-16H2,(H,28,32). The largest absolute Gasteiger partial charge is 0.352 e. The summed E-state index contributed by atoms with van der Waals surface area (Å²) in [4.78, 5) is 31.9. The molecular weight excluding hydrogens is 546 g/mol. The molecule has 0 aliphatic carbocycles. The maximum absolute atomic E-state index is 13.2. The highest BCUT2D eigenvalue weighted by Crippen LogP contribution is 2.32. The van der Waals surface area contributed by atoms with Gasteiger partial charge in [-0.05, 0) is 17.7 Å². The average Bonchev–Trinajstić information content (AvgIpc) is 3.45. The van der Waals surface area contributed by atoms with Crippen LogP contribution in [0.1, 0.15) is 23.4 Å². The van der Waals surface area contributed by atoms with E-state index < -0.39 is 5.25 Å². The maximum atomic E-state index is 13.2. The third-order valence-corrected chi connectivity index (χ3v) is 7.78. The number of benzene rings is 2. The van der Waals surface area contributed by atoms with Gasteiger partial charge in [-0.3, -0.25) is 19.5 Å². The molecule has 1 aromatic heterocycles. The number of amidine groups is 1. The molecule has 1 aliphatic heterocycles. The summed E-state index contributed by atoms with van der Waals surface area (Å²) in [5.74, 6) is 2.21. The van der Waals surface area contributed by atoms with E-state index >= 15 is 0 Å². The number of aliphatic imine (C=N–C) groups is 1. The van der Waals surface area contributed by atoms with Crippen LogP contribution in [0, 0.1) is 12.3 Å². The van der Waals surface area contributed by atoms with Crippen molar-refractivity contribution in [1.82, 2.24) is 20.4 Å². The number of rotatable bonds is 9. The molecule has 178 valence electrons. The van der Waals surface area contributed by atoms with E-state index in [1.54, 1.807) is 4.90 Å². The number of aromatic nitrogens is 2. The molecule has 2 heterocycles. The van der Waals surface area contributed by atoms with Gasteiger partial charge >= 0.3 is 0 Å². The zero-order valence-corrected chi connectivity index (χ0v) is 21.9. The molecule has 0 radical (unpaired) electrons. The van der Waals surface area contributed by atoms with Crippen LogP contribution in [0.15, 0.2) is 64.1 Å². The van der Waals surface area contributed by atoms with Crippen molar-refractivity contribution in [3.05, 3.63) is 69.6 Å². The molecule has 1 fully saturated rings. The highest BCUT2D eigenvalue weighted by Gasteiger charge is 2.39. The minimum Gasteiger partial charge on any atom is -0.352 e. The van der Waals surface area contributed by atoms with E-state index in [9.17, 15) is 9.59 Å². The molecule has 0 spiro atoms. The Morgan fingerprint density at radius 3 is 2.69 bits per heavy atom. The number of amides is 2. The molecular formula is C25H22BrN5O2S2. The van der Waals surface area contributed by atoms with Crippen LogP contribution in [-0.2, 0) is 22.7 Å². The summed E-state index contributed by atoms with van der Waals surface area (Å²) in [6.45, 7) is 1.07. The van der Waals surface area contributed by atoms with Crippen LogP contribution in [0.2, 0.25) is 0 Å². The molecule has 35 heavy (non-hydrogen) atoms. The van der Waals surface area contributed by atoms with Gasteiger partial charge < -0.3 is 5.32 Å². The molecule has 1 aliphatic rings. The number of carbonyl (C=O) groups is 2. The lowest BCUT2D eigenvalue weighted by atomic mass is 10.2. The van der Waals surface area contributed by atoms with E-state index in [4.69, 9.17) is 6.42 Å². The number of hydrogen-bond donors (Lipinski definition) is 1. The van der Waals surface area contributed by atoms with Crippen molar-refractivity contribution >= 4 is 56.0 Å². The van der Waals surface area contributed by atoms with Gasteiger partial charge in [-0.15, -0.1) is 22.5 Å². The van der Waals surface area contributed by atoms with Crippen molar-refractivity contribution in [3.8, 4) is 22.9 Å². The summed E-state index contributed by atoms with van der Waals surface area (Å²) in [5.41, 5.74) is 1.96. The highest BCUT2D eigenvalue weighted by atomic mass is 79.9. The summed E-state index contributed by atoms with van der Waals surface area (Å²) < 4.78 is 0.976. The molecule has 1 N–H and O–H groups in total. The molecule has 1 atom stereocenters. The van der Waals surface area contributed by atoms with Crippen LogP contribution >= 0.6 is 39.0 Å². The van der Waals surface area contributed by atoms with E-state index in [0.717, 1.165) is 20.6 Å². The monoisotopic (exact) mass is 567 g/mol. The van der Waals surface area contributed by atoms with Crippen LogP contribution in [0.25, 0.3) is 10.6 Å². The number of halogens is 1. The fraction of sp³-hybridized carbons (Fsp3) is 0.240. The quantitative estimate of drug-likeness (QED) is 0.304. The number of thioether (sulfide) groups is 1. The lowest BCUT2D eigenvalue weighted by Gasteiger charge is -2.14. The molecule has 3 aromatic rings. The molecule has 1 saturated heterocycles. The first-order valence-corrected chi connectivity index (χ1v) is 13.4. The summed E-state index contributed by atoms with van der Waals surface area (Å²) in [6, 6.07) is 17.5. The van der Waals surface area contributed by atoms with Crippen molar-refractivity contribution < 1.29 is 9.59 Å². The van der Waals surface area contributed by atoms with Gasteiger partial charge in [0.05, 0.1) is 13.1 Å². The Balaban J connectivity index is 1.42. The van der Waals surface area contributed by atoms with Gasteiger partial charge in [-0.2, -0.15) is 0 Å². The van der Waals surface area contributed by atoms with Gasteiger partial charge in [0.15, 0.2) is 5.17 Å². The SMILES string of the molecule is C#CCCN=C1SC(CC(=O)NCc2ccc(Br)cc2)C(=O)N1Cc1nnc(-c2ccccc2)s1. The third kappa shape index (κ3) is 6.78. The Morgan fingerprint density at radius 1 is 1.17 bits per heavy atom. The number of nitrogens with zero attached hydrogens (tertiary/aromatic N) is 4. The number of terminal acetylenes is 1. The average molecular weight is 569 g/mol. The van der Waals surface area contributed by atoms with Crippen LogP contribution in [0.5, 0.6) is 0 Å². The second kappa shape index (κ2) is 12.1. The smallest absolute Gasteiger partial charge is 0.243 e. The predicted molar refractivity (Wildman–Crippen MR) is 144 cm³/mol. The van der Waals surface area contributed by atoms with Gasteiger partial charge in [0.25, 0.3) is 0 Å². The highest BCUT2D eigenvalue weighted by molar-refractivity contribution is 9.10. The lowest BCUT2D eigenvalue weighted by molar-refractivity contribution is -0.129. The minimum absolute atomic E-state index is 0.0655. The van der Waals surface area contributed by atoms with Crippen molar-refractivity contribution in [2.75, 3.05) is 6.54 Å². The predicted octanol–water partition coefficient (Wildman–Crippen LogP) is 4.50. The van der Waals surface area contributed by atoms with E-state index in [1.165, 1.54) is 23.1 Å². The van der Waals surface area contributed by atoms with Gasteiger partial charge in [-0.25, -0.2) is 0 Å². The van der Waals surface area contributed by atoms with E-state index in [-0.39, 0.29) is 24.8 Å². The number of nitrogens with one attached hydrogen (secondary N) is 1. The molecule has 4 rings (SSSR count). The Morgan fingerprint density at radius 2 is 1.94 bits per heavy atom. The van der Waals surface area contributed by atoms with Crippen molar-refractivity contribution in [1.29, 1.82) is 0 Å². The first-order chi connectivity index (χ1) is 17.0. The Kier molecular flexibility index (Phi) is 8.69. The number of carbonyl (C=O) groups excluding carboxylic acids is 2. The molecule has 1 unspecified atom stereocenters. The molecule has 2 aromatic carbocycles. The Hall–Kier alpha value is -3.00. The van der Waals surface area contributed by atoms with Crippen LogP contribution in [-0.4, -0.2) is 43.9 Å². The Labute approximate surface area is 220 Å². The summed E-state index contributed by atoms with van der Waals surface area (Å²) in [6.07, 6.45) is 5.90. The van der Waals surface area contributed by atoms with Crippen molar-refractivity contribution in [2.45, 2.75) is 31.2 Å². The van der Waals surface area contributed by atoms with Crippen molar-refractivity contribution in [2.24, 2.45) is 4.99 Å².